The molecule has 1 atom stereocenters. The lowest BCUT2D eigenvalue weighted by molar-refractivity contribution is -0.164. The van der Waals surface area contributed by atoms with E-state index in [4.69, 9.17) is 4.74 Å². The number of ether oxygens (including phenoxy) is 1. The maximum atomic E-state index is 11.4. The van der Waals surface area contributed by atoms with Crippen LogP contribution in [0.25, 0.3) is 0 Å². The predicted molar refractivity (Wildman–Crippen MR) is 121 cm³/mol. The zero-order valence-corrected chi connectivity index (χ0v) is 18.3. The highest BCUT2D eigenvalue weighted by Gasteiger charge is 2.51. The number of carbonyl (C=O) groups is 2. The van der Waals surface area contributed by atoms with Gasteiger partial charge in [0.1, 0.15) is 5.75 Å². The highest BCUT2D eigenvalue weighted by molar-refractivity contribution is 7.99. The van der Waals surface area contributed by atoms with Crippen molar-refractivity contribution in [2.75, 3.05) is 12.4 Å². The van der Waals surface area contributed by atoms with Crippen molar-refractivity contribution >= 4 is 23.7 Å². The lowest BCUT2D eigenvalue weighted by Crippen LogP contribution is -2.39. The van der Waals surface area contributed by atoms with Crippen molar-refractivity contribution < 1.29 is 24.5 Å². The average molecular weight is 444 g/mol. The number of nitrogens with one attached hydrogen (secondary N) is 1. The van der Waals surface area contributed by atoms with Crippen LogP contribution in [-0.4, -0.2) is 40.6 Å². The Balaban J connectivity index is 1.33. The van der Waals surface area contributed by atoms with Crippen LogP contribution < -0.4 is 10.1 Å². The van der Waals surface area contributed by atoms with Crippen LogP contribution in [-0.2, 0) is 16.1 Å². The summed E-state index contributed by atoms with van der Waals surface area (Å²) in [4.78, 5) is 24.1. The number of rotatable bonds is 12. The molecule has 1 unspecified atom stereocenters. The summed E-state index contributed by atoms with van der Waals surface area (Å²) in [7, 11) is 0. The number of aliphatic carboxylic acids is 2. The third-order valence-corrected chi connectivity index (χ3v) is 6.77. The van der Waals surface area contributed by atoms with E-state index in [2.05, 4.69) is 29.6 Å². The first-order chi connectivity index (χ1) is 15.0. The summed E-state index contributed by atoms with van der Waals surface area (Å²) in [5.41, 5.74) is -0.607. The fourth-order valence-electron chi connectivity index (χ4n) is 3.77. The highest BCUT2D eigenvalue weighted by atomic mass is 32.2. The van der Waals surface area contributed by atoms with Gasteiger partial charge in [-0.25, -0.2) is 0 Å². The topological polar surface area (TPSA) is 95.9 Å². The van der Waals surface area contributed by atoms with Crippen molar-refractivity contribution in [2.45, 2.75) is 49.6 Å². The van der Waals surface area contributed by atoms with E-state index in [0.29, 0.717) is 19.6 Å². The van der Waals surface area contributed by atoms with Crippen molar-refractivity contribution in [1.82, 2.24) is 5.32 Å². The SMILES string of the molecule is O=C(O)C1(C(=O)O)CCC(NCc2ccc(OCCCCSc3ccccc3)cc2)C1. The zero-order chi connectivity index (χ0) is 22.1. The normalized spacial score (nSPS) is 17.4. The molecular weight excluding hydrogens is 414 g/mol. The standard InChI is InChI=1S/C24H29NO5S/c26-22(27)24(23(28)29)13-12-19(16-24)25-17-18-8-10-20(11-9-18)30-14-4-5-15-31-21-6-2-1-3-7-21/h1-3,6-11,19,25H,4-5,12-17H2,(H,26,27)(H,28,29). The third-order valence-electron chi connectivity index (χ3n) is 5.67. The first-order valence-corrected chi connectivity index (χ1v) is 11.6. The minimum atomic E-state index is -1.66. The molecule has 0 radical (unpaired) electrons. The minimum absolute atomic E-state index is 0.113. The maximum Gasteiger partial charge on any atom is 0.321 e. The molecule has 6 nitrogen and oxygen atoms in total. The number of unbranched alkanes of at least 4 members (excludes halogenated alkanes) is 1. The molecule has 0 aromatic heterocycles. The number of carboxylic acid groups (broad SMARTS) is 2. The summed E-state index contributed by atoms with van der Waals surface area (Å²) in [5.74, 6) is -0.588. The Hall–Kier alpha value is -2.51. The van der Waals surface area contributed by atoms with E-state index in [1.54, 1.807) is 0 Å². The second-order valence-corrected chi connectivity index (χ2v) is 9.04. The Morgan fingerprint density at radius 1 is 1.03 bits per heavy atom. The van der Waals surface area contributed by atoms with Crippen molar-refractivity contribution in [2.24, 2.45) is 5.41 Å². The molecule has 3 N–H and O–H groups in total. The molecule has 1 saturated carbocycles. The summed E-state index contributed by atoms with van der Waals surface area (Å²) in [6.45, 7) is 1.25. The Labute approximate surface area is 187 Å². The summed E-state index contributed by atoms with van der Waals surface area (Å²) >= 11 is 1.86. The van der Waals surface area contributed by atoms with Gasteiger partial charge in [0.15, 0.2) is 5.41 Å². The zero-order valence-electron chi connectivity index (χ0n) is 17.5. The average Bonchev–Trinajstić information content (AvgIpc) is 3.22. The van der Waals surface area contributed by atoms with Crippen LogP contribution in [0.1, 0.15) is 37.7 Å². The van der Waals surface area contributed by atoms with Gasteiger partial charge in [-0.2, -0.15) is 0 Å². The van der Waals surface area contributed by atoms with Gasteiger partial charge in [0.05, 0.1) is 6.61 Å². The molecule has 1 aliphatic carbocycles. The van der Waals surface area contributed by atoms with Crippen LogP contribution >= 0.6 is 11.8 Å². The predicted octanol–water partition coefficient (Wildman–Crippen LogP) is 4.44. The van der Waals surface area contributed by atoms with Crippen LogP contribution in [0.5, 0.6) is 5.75 Å². The summed E-state index contributed by atoms with van der Waals surface area (Å²) in [5, 5.41) is 21.9. The monoisotopic (exact) mass is 443 g/mol. The highest BCUT2D eigenvalue weighted by Crippen LogP contribution is 2.39. The molecule has 3 rings (SSSR count). The second kappa shape index (κ2) is 11.2. The van der Waals surface area contributed by atoms with Gasteiger partial charge >= 0.3 is 11.9 Å². The molecule has 2 aromatic carbocycles. The molecule has 0 amide bonds. The summed E-state index contributed by atoms with van der Waals surface area (Å²) < 4.78 is 5.81. The van der Waals surface area contributed by atoms with E-state index in [1.165, 1.54) is 4.90 Å². The fraction of sp³-hybridized carbons (Fsp3) is 0.417. The Bertz CT molecular complexity index is 842. The largest absolute Gasteiger partial charge is 0.494 e. The number of benzene rings is 2. The van der Waals surface area contributed by atoms with Gasteiger partial charge < -0.3 is 20.3 Å². The van der Waals surface area contributed by atoms with E-state index in [1.807, 2.05) is 42.1 Å². The Morgan fingerprint density at radius 3 is 2.39 bits per heavy atom. The first-order valence-electron chi connectivity index (χ1n) is 10.6. The molecule has 0 saturated heterocycles. The number of thioether (sulfide) groups is 1. The smallest absolute Gasteiger partial charge is 0.321 e. The lowest BCUT2D eigenvalue weighted by Gasteiger charge is -2.19. The Kier molecular flexibility index (Phi) is 8.37. The van der Waals surface area contributed by atoms with Gasteiger partial charge in [0.25, 0.3) is 0 Å². The summed E-state index contributed by atoms with van der Waals surface area (Å²) in [6, 6.07) is 18.1. The quantitative estimate of drug-likeness (QED) is 0.254. The summed E-state index contributed by atoms with van der Waals surface area (Å²) in [6.07, 6.45) is 2.91. The van der Waals surface area contributed by atoms with Crippen LogP contribution in [0.15, 0.2) is 59.5 Å². The molecule has 0 spiro atoms. The molecule has 0 aliphatic heterocycles. The molecule has 0 heterocycles. The van der Waals surface area contributed by atoms with Gasteiger partial charge in [-0.1, -0.05) is 30.3 Å². The molecule has 31 heavy (non-hydrogen) atoms. The molecule has 1 aliphatic rings. The van der Waals surface area contributed by atoms with Crippen LogP contribution in [0, 0.1) is 5.41 Å². The number of carboxylic acids is 2. The van der Waals surface area contributed by atoms with E-state index in [9.17, 15) is 19.8 Å². The molecular formula is C24H29NO5S. The van der Waals surface area contributed by atoms with Gasteiger partial charge in [0.2, 0.25) is 0 Å². The fourth-order valence-corrected chi connectivity index (χ4v) is 4.70. The Morgan fingerprint density at radius 2 is 1.74 bits per heavy atom. The van der Waals surface area contributed by atoms with Gasteiger partial charge in [0, 0.05) is 17.5 Å². The van der Waals surface area contributed by atoms with Crippen molar-refractivity contribution in [3.63, 3.8) is 0 Å². The first kappa shape index (κ1) is 23.2. The lowest BCUT2D eigenvalue weighted by atomic mass is 9.86. The van der Waals surface area contributed by atoms with Crippen molar-refractivity contribution in [3.8, 4) is 5.75 Å². The van der Waals surface area contributed by atoms with Gasteiger partial charge in [-0.05, 0) is 67.7 Å². The van der Waals surface area contributed by atoms with Crippen LogP contribution in [0.2, 0.25) is 0 Å². The second-order valence-electron chi connectivity index (χ2n) is 7.87. The molecule has 1 fully saturated rings. The third kappa shape index (κ3) is 6.48. The number of hydrogen-bond donors (Lipinski definition) is 3. The van der Waals surface area contributed by atoms with Crippen LogP contribution in [0.4, 0.5) is 0 Å². The molecule has 7 heteroatoms. The van der Waals surface area contributed by atoms with E-state index >= 15 is 0 Å². The van der Waals surface area contributed by atoms with Crippen LogP contribution in [0.3, 0.4) is 0 Å². The van der Waals surface area contributed by atoms with Crippen molar-refractivity contribution in [1.29, 1.82) is 0 Å². The van der Waals surface area contributed by atoms with Gasteiger partial charge in [-0.15, -0.1) is 11.8 Å². The van der Waals surface area contributed by atoms with Gasteiger partial charge in [-0.3, -0.25) is 9.59 Å². The maximum absolute atomic E-state index is 11.4. The molecule has 0 bridgehead atoms. The molecule has 2 aromatic rings. The minimum Gasteiger partial charge on any atom is -0.494 e. The van der Waals surface area contributed by atoms with E-state index in [-0.39, 0.29) is 18.9 Å². The van der Waals surface area contributed by atoms with Crippen molar-refractivity contribution in [3.05, 3.63) is 60.2 Å². The van der Waals surface area contributed by atoms with E-state index < -0.39 is 17.4 Å². The molecule has 166 valence electrons. The number of hydrogen-bond acceptors (Lipinski definition) is 5. The van der Waals surface area contributed by atoms with E-state index in [0.717, 1.165) is 29.9 Å².